The molecule has 33 heavy (non-hydrogen) atoms. The third-order valence-corrected chi connectivity index (χ3v) is 5.52. The quantitative estimate of drug-likeness (QED) is 0.202. The number of halogens is 1. The number of hydrogen-bond donors (Lipinski definition) is 2. The molecular weight excluding hydrogens is 488 g/mol. The Morgan fingerprint density at radius 2 is 1.97 bits per heavy atom. The van der Waals surface area contributed by atoms with E-state index in [4.69, 9.17) is 33.3 Å². The second-order valence-electron chi connectivity index (χ2n) is 6.35. The summed E-state index contributed by atoms with van der Waals surface area (Å²) in [7, 11) is 3.12. The fourth-order valence-electron chi connectivity index (χ4n) is 2.69. The molecule has 0 bridgehead atoms. The molecule has 1 amide bonds. The van der Waals surface area contributed by atoms with Crippen molar-refractivity contribution in [1.29, 1.82) is 0 Å². The summed E-state index contributed by atoms with van der Waals surface area (Å²) >= 11 is 12.3. The summed E-state index contributed by atoms with van der Waals surface area (Å²) in [6, 6.07) is 9.67. The van der Waals surface area contributed by atoms with Gasteiger partial charge in [0.25, 0.3) is 5.69 Å². The predicted octanol–water partition coefficient (Wildman–Crippen LogP) is 4.92. The highest BCUT2D eigenvalue weighted by Crippen LogP contribution is 2.33. The number of rotatable bonds is 7. The second kappa shape index (κ2) is 10.9. The van der Waals surface area contributed by atoms with Crippen LogP contribution in [-0.2, 0) is 4.79 Å². The van der Waals surface area contributed by atoms with E-state index in [1.54, 1.807) is 26.4 Å². The van der Waals surface area contributed by atoms with Gasteiger partial charge in [0.2, 0.25) is 5.91 Å². The number of carbonyl (C=O) groups excluding carboxylic acids is 1. The average molecular weight is 505 g/mol. The first-order valence-corrected chi connectivity index (χ1v) is 10.9. The number of nitrogens with one attached hydrogen (secondary N) is 2. The first-order chi connectivity index (χ1) is 15.8. The van der Waals surface area contributed by atoms with Crippen LogP contribution in [0, 0.1) is 10.1 Å². The summed E-state index contributed by atoms with van der Waals surface area (Å²) in [6.45, 7) is 0. The maximum absolute atomic E-state index is 12.1. The smallest absolute Gasteiger partial charge is 0.288 e. The van der Waals surface area contributed by atoms with Crippen LogP contribution in [-0.4, -0.2) is 35.1 Å². The molecule has 3 rings (SSSR count). The van der Waals surface area contributed by atoms with Gasteiger partial charge in [0.15, 0.2) is 21.7 Å². The van der Waals surface area contributed by atoms with Crippen LogP contribution in [0.2, 0.25) is 5.02 Å². The van der Waals surface area contributed by atoms with Crippen molar-refractivity contribution in [3.63, 3.8) is 0 Å². The molecule has 0 fully saturated rings. The summed E-state index contributed by atoms with van der Waals surface area (Å²) < 4.78 is 10.6. The SMILES string of the molecule is COc1ccc(-c2csc(NC(=S)NC(=O)/C=C/c3ccc(Cl)c([N+](=O)[O-])c3)n2)cc1OC. The minimum absolute atomic E-state index is 0.0166. The number of thiocarbonyl (C=S) groups is 1. The van der Waals surface area contributed by atoms with Gasteiger partial charge in [0.1, 0.15) is 5.02 Å². The van der Waals surface area contributed by atoms with Gasteiger partial charge >= 0.3 is 0 Å². The van der Waals surface area contributed by atoms with Crippen molar-refractivity contribution < 1.29 is 19.2 Å². The first kappa shape index (κ1) is 24.1. The number of amides is 1. The summed E-state index contributed by atoms with van der Waals surface area (Å²) in [4.78, 5) is 27.0. The van der Waals surface area contributed by atoms with E-state index in [1.165, 1.54) is 35.6 Å². The molecule has 9 nitrogen and oxygen atoms in total. The largest absolute Gasteiger partial charge is 0.493 e. The van der Waals surface area contributed by atoms with Crippen LogP contribution in [0.15, 0.2) is 47.9 Å². The molecule has 0 aliphatic heterocycles. The van der Waals surface area contributed by atoms with Crippen molar-refractivity contribution in [3.8, 4) is 22.8 Å². The highest BCUT2D eigenvalue weighted by molar-refractivity contribution is 7.80. The van der Waals surface area contributed by atoms with E-state index in [-0.39, 0.29) is 15.8 Å². The number of benzene rings is 2. The van der Waals surface area contributed by atoms with Crippen molar-refractivity contribution in [2.45, 2.75) is 0 Å². The highest BCUT2D eigenvalue weighted by atomic mass is 35.5. The Bertz CT molecular complexity index is 1250. The molecule has 170 valence electrons. The van der Waals surface area contributed by atoms with E-state index < -0.39 is 10.8 Å². The van der Waals surface area contributed by atoms with Gasteiger partial charge in [-0.1, -0.05) is 17.7 Å². The number of ether oxygens (including phenoxy) is 2. The van der Waals surface area contributed by atoms with Gasteiger partial charge < -0.3 is 14.8 Å². The van der Waals surface area contributed by atoms with Crippen LogP contribution in [0.3, 0.4) is 0 Å². The van der Waals surface area contributed by atoms with Crippen molar-refractivity contribution in [1.82, 2.24) is 10.3 Å². The molecule has 0 radical (unpaired) electrons. The van der Waals surface area contributed by atoms with Gasteiger partial charge in [-0.15, -0.1) is 11.3 Å². The average Bonchev–Trinajstić information content (AvgIpc) is 3.26. The molecule has 0 aliphatic carbocycles. The number of nitro benzene ring substituents is 1. The van der Waals surface area contributed by atoms with Gasteiger partial charge in [0, 0.05) is 23.1 Å². The number of thiazole rings is 1. The Morgan fingerprint density at radius 1 is 1.21 bits per heavy atom. The minimum atomic E-state index is -0.594. The fraction of sp³-hybridized carbons (Fsp3) is 0.0952. The second-order valence-corrected chi connectivity index (χ2v) is 8.03. The van der Waals surface area contributed by atoms with E-state index in [2.05, 4.69) is 15.6 Å². The highest BCUT2D eigenvalue weighted by Gasteiger charge is 2.13. The Labute approximate surface area is 203 Å². The molecule has 0 unspecified atom stereocenters. The molecule has 3 aromatic rings. The lowest BCUT2D eigenvalue weighted by atomic mass is 10.1. The summed E-state index contributed by atoms with van der Waals surface area (Å²) in [5.74, 6) is 0.680. The number of anilines is 1. The Hall–Kier alpha value is -3.54. The third kappa shape index (κ3) is 6.25. The topological polar surface area (TPSA) is 116 Å². The van der Waals surface area contributed by atoms with Crippen LogP contribution in [0.1, 0.15) is 5.56 Å². The lowest BCUT2D eigenvalue weighted by Gasteiger charge is -2.08. The van der Waals surface area contributed by atoms with Crippen molar-refractivity contribution in [3.05, 3.63) is 68.6 Å². The van der Waals surface area contributed by atoms with Gasteiger partial charge in [-0.3, -0.25) is 20.2 Å². The molecule has 2 N–H and O–H groups in total. The molecule has 2 aromatic carbocycles. The number of aromatic nitrogens is 1. The van der Waals surface area contributed by atoms with E-state index in [0.29, 0.717) is 27.9 Å². The maximum atomic E-state index is 12.1. The standard InChI is InChI=1S/C21H17ClN4O5S2/c1-30-17-7-5-13(10-18(17)31-2)15-11-33-21(23-15)25-20(32)24-19(27)8-4-12-3-6-14(22)16(9-12)26(28)29/h3-11H,1-2H3,(H2,23,24,25,27,32)/b8-4+. The van der Waals surface area contributed by atoms with Gasteiger partial charge in [0.05, 0.1) is 24.8 Å². The Balaban J connectivity index is 1.61. The van der Waals surface area contributed by atoms with Crippen molar-refractivity contribution in [2.75, 3.05) is 19.5 Å². The lowest BCUT2D eigenvalue weighted by Crippen LogP contribution is -2.32. The lowest BCUT2D eigenvalue weighted by molar-refractivity contribution is -0.384. The van der Waals surface area contributed by atoms with E-state index >= 15 is 0 Å². The zero-order chi connectivity index (χ0) is 24.0. The van der Waals surface area contributed by atoms with Gasteiger partial charge in [-0.25, -0.2) is 4.98 Å². The van der Waals surface area contributed by atoms with Crippen LogP contribution in [0.25, 0.3) is 17.3 Å². The zero-order valence-electron chi connectivity index (χ0n) is 17.3. The molecule has 1 heterocycles. The molecular formula is C21H17ClN4O5S2. The van der Waals surface area contributed by atoms with Crippen LogP contribution in [0.5, 0.6) is 11.5 Å². The van der Waals surface area contributed by atoms with Crippen molar-refractivity contribution >= 4 is 63.1 Å². The number of nitrogens with zero attached hydrogens (tertiary/aromatic N) is 2. The van der Waals surface area contributed by atoms with Gasteiger partial charge in [-0.05, 0) is 48.1 Å². The number of nitro groups is 1. The zero-order valence-corrected chi connectivity index (χ0v) is 19.7. The fourth-order valence-corrected chi connectivity index (χ4v) is 3.86. The molecule has 0 aliphatic rings. The maximum Gasteiger partial charge on any atom is 0.288 e. The summed E-state index contributed by atoms with van der Waals surface area (Å²) in [5.41, 5.74) is 1.72. The van der Waals surface area contributed by atoms with E-state index in [9.17, 15) is 14.9 Å². The van der Waals surface area contributed by atoms with E-state index in [0.717, 1.165) is 5.56 Å². The summed E-state index contributed by atoms with van der Waals surface area (Å²) in [5, 5.41) is 18.7. The molecule has 0 atom stereocenters. The molecule has 1 aromatic heterocycles. The van der Waals surface area contributed by atoms with Crippen LogP contribution < -0.4 is 20.1 Å². The number of methoxy groups -OCH3 is 2. The predicted molar refractivity (Wildman–Crippen MR) is 132 cm³/mol. The van der Waals surface area contributed by atoms with Crippen LogP contribution >= 0.6 is 35.2 Å². The Morgan fingerprint density at radius 3 is 2.67 bits per heavy atom. The van der Waals surface area contributed by atoms with Crippen LogP contribution in [0.4, 0.5) is 10.8 Å². The number of carbonyl (C=O) groups is 1. The van der Waals surface area contributed by atoms with Crippen molar-refractivity contribution in [2.24, 2.45) is 0 Å². The first-order valence-electron chi connectivity index (χ1n) is 9.22. The number of hydrogen-bond acceptors (Lipinski definition) is 8. The third-order valence-electron chi connectivity index (χ3n) is 4.23. The normalized spacial score (nSPS) is 10.6. The Kier molecular flexibility index (Phi) is 7.93. The van der Waals surface area contributed by atoms with E-state index in [1.807, 2.05) is 17.5 Å². The molecule has 0 saturated carbocycles. The molecule has 0 saturated heterocycles. The monoisotopic (exact) mass is 504 g/mol. The van der Waals surface area contributed by atoms with Gasteiger partial charge in [-0.2, -0.15) is 0 Å². The molecule has 0 spiro atoms. The molecule has 12 heteroatoms. The summed E-state index contributed by atoms with van der Waals surface area (Å²) in [6.07, 6.45) is 2.62. The minimum Gasteiger partial charge on any atom is -0.493 e.